The quantitative estimate of drug-likeness (QED) is 0.711. The third-order valence-corrected chi connectivity index (χ3v) is 4.03. The van der Waals surface area contributed by atoms with E-state index in [9.17, 15) is 8.78 Å². The van der Waals surface area contributed by atoms with E-state index in [-0.39, 0.29) is 12.8 Å². The Morgan fingerprint density at radius 1 is 1.07 bits per heavy atom. The van der Waals surface area contributed by atoms with Gasteiger partial charge in [-0.2, -0.15) is 0 Å². The maximum atomic E-state index is 13.0. The van der Waals surface area contributed by atoms with Gasteiger partial charge in [0.1, 0.15) is 0 Å². The Labute approximate surface area is 90.6 Å². The molecule has 1 saturated carbocycles. The maximum absolute atomic E-state index is 13.0. The molecular weight excluding hydrogens is 196 g/mol. The average molecular weight is 217 g/mol. The minimum absolute atomic E-state index is 0.103. The summed E-state index contributed by atoms with van der Waals surface area (Å²) in [6, 6.07) is 0.511. The Bertz CT molecular complexity index is 200. The lowest BCUT2D eigenvalue weighted by atomic mass is 9.78. The SMILES string of the molecule is C[C@H]1CC[C@H](C2CCC(F)(F)CC2)NC1. The second kappa shape index (κ2) is 4.36. The average Bonchev–Trinajstić information content (AvgIpc) is 2.20. The highest BCUT2D eigenvalue weighted by atomic mass is 19.3. The van der Waals surface area contributed by atoms with Crippen molar-refractivity contribution >= 4 is 0 Å². The van der Waals surface area contributed by atoms with Gasteiger partial charge in [0.2, 0.25) is 5.92 Å². The third-order valence-electron chi connectivity index (χ3n) is 4.03. The van der Waals surface area contributed by atoms with E-state index in [4.69, 9.17) is 0 Å². The molecule has 2 aliphatic rings. The summed E-state index contributed by atoms with van der Waals surface area (Å²) in [5, 5.41) is 3.52. The lowest BCUT2D eigenvalue weighted by Crippen LogP contribution is -2.44. The van der Waals surface area contributed by atoms with Crippen molar-refractivity contribution in [2.75, 3.05) is 6.54 Å². The summed E-state index contributed by atoms with van der Waals surface area (Å²) in [6.45, 7) is 3.32. The van der Waals surface area contributed by atoms with Gasteiger partial charge in [0.15, 0.2) is 0 Å². The van der Waals surface area contributed by atoms with Crippen molar-refractivity contribution in [1.82, 2.24) is 5.32 Å². The van der Waals surface area contributed by atoms with E-state index < -0.39 is 5.92 Å². The number of piperidine rings is 1. The fraction of sp³-hybridized carbons (Fsp3) is 1.00. The number of hydrogen-bond acceptors (Lipinski definition) is 1. The fourth-order valence-electron chi connectivity index (χ4n) is 2.89. The van der Waals surface area contributed by atoms with Gasteiger partial charge < -0.3 is 5.32 Å². The minimum Gasteiger partial charge on any atom is -0.313 e. The molecule has 0 radical (unpaired) electrons. The number of nitrogens with one attached hydrogen (secondary N) is 1. The van der Waals surface area contributed by atoms with Crippen LogP contribution in [0.2, 0.25) is 0 Å². The van der Waals surface area contributed by atoms with Crippen LogP contribution in [0.4, 0.5) is 8.78 Å². The summed E-state index contributed by atoms with van der Waals surface area (Å²) in [7, 11) is 0. The molecule has 0 spiro atoms. The van der Waals surface area contributed by atoms with Crippen LogP contribution < -0.4 is 5.32 Å². The molecule has 15 heavy (non-hydrogen) atoms. The molecule has 1 aliphatic carbocycles. The van der Waals surface area contributed by atoms with E-state index in [0.29, 0.717) is 24.8 Å². The van der Waals surface area contributed by atoms with Crippen LogP contribution in [0.1, 0.15) is 45.4 Å². The number of alkyl halides is 2. The van der Waals surface area contributed by atoms with E-state index in [1.807, 2.05) is 0 Å². The molecule has 2 rings (SSSR count). The van der Waals surface area contributed by atoms with Crippen LogP contribution in [0.3, 0.4) is 0 Å². The predicted octanol–water partition coefficient (Wildman–Crippen LogP) is 3.20. The highest BCUT2D eigenvalue weighted by Crippen LogP contribution is 2.38. The van der Waals surface area contributed by atoms with Gasteiger partial charge in [-0.3, -0.25) is 0 Å². The predicted molar refractivity (Wildman–Crippen MR) is 57.1 cm³/mol. The summed E-state index contributed by atoms with van der Waals surface area (Å²) in [5.74, 6) is -1.12. The normalized spacial score (nSPS) is 37.8. The molecule has 0 aromatic heterocycles. The minimum atomic E-state index is -2.38. The number of rotatable bonds is 1. The third kappa shape index (κ3) is 2.90. The molecule has 88 valence electrons. The van der Waals surface area contributed by atoms with Crippen molar-refractivity contribution in [3.8, 4) is 0 Å². The lowest BCUT2D eigenvalue weighted by molar-refractivity contribution is -0.0509. The van der Waals surface area contributed by atoms with Crippen LogP contribution in [-0.4, -0.2) is 18.5 Å². The molecule has 0 aromatic carbocycles. The molecule has 0 amide bonds. The zero-order chi connectivity index (χ0) is 10.9. The van der Waals surface area contributed by atoms with Gasteiger partial charge >= 0.3 is 0 Å². The van der Waals surface area contributed by atoms with Crippen molar-refractivity contribution in [2.24, 2.45) is 11.8 Å². The van der Waals surface area contributed by atoms with Gasteiger partial charge in [0.05, 0.1) is 0 Å². The van der Waals surface area contributed by atoms with E-state index in [1.165, 1.54) is 12.8 Å². The monoisotopic (exact) mass is 217 g/mol. The van der Waals surface area contributed by atoms with Crippen molar-refractivity contribution < 1.29 is 8.78 Å². The van der Waals surface area contributed by atoms with E-state index >= 15 is 0 Å². The topological polar surface area (TPSA) is 12.0 Å². The number of hydrogen-bond donors (Lipinski definition) is 1. The zero-order valence-corrected chi connectivity index (χ0v) is 9.44. The fourth-order valence-corrected chi connectivity index (χ4v) is 2.89. The molecule has 1 saturated heterocycles. The van der Waals surface area contributed by atoms with E-state index in [0.717, 1.165) is 12.5 Å². The van der Waals surface area contributed by atoms with Crippen LogP contribution >= 0.6 is 0 Å². The lowest BCUT2D eigenvalue weighted by Gasteiger charge is -2.37. The summed E-state index contributed by atoms with van der Waals surface area (Å²) in [4.78, 5) is 0. The molecule has 0 aromatic rings. The number of halogens is 2. The second-order valence-electron chi connectivity index (χ2n) is 5.39. The zero-order valence-electron chi connectivity index (χ0n) is 9.44. The Hall–Kier alpha value is -0.180. The van der Waals surface area contributed by atoms with Gasteiger partial charge in [-0.1, -0.05) is 6.92 Å². The Morgan fingerprint density at radius 3 is 2.27 bits per heavy atom. The van der Waals surface area contributed by atoms with Crippen molar-refractivity contribution in [2.45, 2.75) is 57.4 Å². The first kappa shape index (κ1) is 11.3. The Balaban J connectivity index is 1.80. The Kier molecular flexibility index (Phi) is 3.29. The van der Waals surface area contributed by atoms with Crippen LogP contribution in [0.5, 0.6) is 0 Å². The van der Waals surface area contributed by atoms with Crippen LogP contribution in [0.15, 0.2) is 0 Å². The standard InChI is InChI=1S/C12H21F2N/c1-9-2-3-11(15-8-9)10-4-6-12(13,14)7-5-10/h9-11,15H,2-8H2,1H3/t9-,11+/m0/s1. The van der Waals surface area contributed by atoms with Crippen molar-refractivity contribution in [3.05, 3.63) is 0 Å². The highest BCUT2D eigenvalue weighted by molar-refractivity contribution is 4.87. The van der Waals surface area contributed by atoms with E-state index in [2.05, 4.69) is 12.2 Å². The van der Waals surface area contributed by atoms with Crippen LogP contribution in [-0.2, 0) is 0 Å². The van der Waals surface area contributed by atoms with Crippen molar-refractivity contribution in [1.29, 1.82) is 0 Å². The largest absolute Gasteiger partial charge is 0.313 e. The summed E-state index contributed by atoms with van der Waals surface area (Å²) < 4.78 is 26.0. The summed E-state index contributed by atoms with van der Waals surface area (Å²) >= 11 is 0. The first-order valence-corrected chi connectivity index (χ1v) is 6.18. The smallest absolute Gasteiger partial charge is 0.248 e. The molecule has 1 nitrogen and oxygen atoms in total. The molecule has 2 atom stereocenters. The molecule has 1 aliphatic heterocycles. The maximum Gasteiger partial charge on any atom is 0.248 e. The highest BCUT2D eigenvalue weighted by Gasteiger charge is 2.38. The first-order chi connectivity index (χ1) is 7.07. The van der Waals surface area contributed by atoms with E-state index in [1.54, 1.807) is 0 Å². The van der Waals surface area contributed by atoms with Gasteiger partial charge in [0.25, 0.3) is 0 Å². The van der Waals surface area contributed by atoms with Crippen LogP contribution in [0, 0.1) is 11.8 Å². The van der Waals surface area contributed by atoms with Gasteiger partial charge in [-0.25, -0.2) is 8.78 Å². The van der Waals surface area contributed by atoms with Gasteiger partial charge in [-0.05, 0) is 44.1 Å². The molecule has 0 unspecified atom stereocenters. The van der Waals surface area contributed by atoms with Gasteiger partial charge in [0, 0.05) is 18.9 Å². The molecule has 1 N–H and O–H groups in total. The summed E-state index contributed by atoms with van der Waals surface area (Å²) in [5.41, 5.74) is 0. The molecule has 0 bridgehead atoms. The Morgan fingerprint density at radius 2 is 1.73 bits per heavy atom. The molecular formula is C12H21F2N. The van der Waals surface area contributed by atoms with Gasteiger partial charge in [-0.15, -0.1) is 0 Å². The molecule has 1 heterocycles. The molecule has 2 fully saturated rings. The van der Waals surface area contributed by atoms with Crippen molar-refractivity contribution in [3.63, 3.8) is 0 Å². The molecule has 3 heteroatoms. The second-order valence-corrected chi connectivity index (χ2v) is 5.39. The first-order valence-electron chi connectivity index (χ1n) is 6.18. The summed E-state index contributed by atoms with van der Waals surface area (Å²) in [6.07, 6.45) is 4.05. The van der Waals surface area contributed by atoms with Crippen LogP contribution in [0.25, 0.3) is 0 Å².